The van der Waals surface area contributed by atoms with E-state index in [9.17, 15) is 9.59 Å². The van der Waals surface area contributed by atoms with Crippen LogP contribution < -0.4 is 5.56 Å². The van der Waals surface area contributed by atoms with Gasteiger partial charge in [-0.05, 0) is 57.1 Å². The summed E-state index contributed by atoms with van der Waals surface area (Å²) in [6, 6.07) is 7.81. The second-order valence-electron chi connectivity index (χ2n) is 8.05. The molecule has 1 saturated carbocycles. The molecule has 1 aliphatic rings. The van der Waals surface area contributed by atoms with E-state index < -0.39 is 0 Å². The molecule has 28 heavy (non-hydrogen) atoms. The highest BCUT2D eigenvalue weighted by Gasteiger charge is 2.25. The fraction of sp³-hybridized carbons (Fsp3) is 0.591. The molecule has 3 rings (SSSR count). The third-order valence-electron chi connectivity index (χ3n) is 6.06. The van der Waals surface area contributed by atoms with Gasteiger partial charge in [-0.1, -0.05) is 37.7 Å². The predicted molar refractivity (Wildman–Crippen MR) is 116 cm³/mol. The number of thioether (sulfide) groups is 1. The van der Waals surface area contributed by atoms with Gasteiger partial charge in [0.15, 0.2) is 5.16 Å². The van der Waals surface area contributed by atoms with Crippen molar-refractivity contribution >= 4 is 28.6 Å². The third-order valence-corrected chi connectivity index (χ3v) is 7.00. The molecule has 1 atom stereocenters. The zero-order valence-corrected chi connectivity index (χ0v) is 18.2. The summed E-state index contributed by atoms with van der Waals surface area (Å²) in [7, 11) is 1.92. The van der Waals surface area contributed by atoms with Gasteiger partial charge in [0.25, 0.3) is 5.56 Å². The highest BCUT2D eigenvalue weighted by atomic mass is 32.2. The van der Waals surface area contributed by atoms with Gasteiger partial charge >= 0.3 is 0 Å². The Hall–Kier alpha value is -1.82. The van der Waals surface area contributed by atoms with Crippen molar-refractivity contribution in [1.29, 1.82) is 0 Å². The smallest absolute Gasteiger partial charge is 0.262 e. The standard InChI is InChI=1S/C22H31N3O2S/c1-5-16(3)25-21(27)18-8-6-7-9-19(18)23-22(25)28-14-20(26)24(4)17-12-10-15(2)11-13-17/h6-9,15-17H,5,10-14H2,1-4H3/t15?,16-,17?/m1/s1. The maximum absolute atomic E-state index is 13.0. The van der Waals surface area contributed by atoms with Crippen LogP contribution in [0, 0.1) is 5.92 Å². The number of hydrogen-bond acceptors (Lipinski definition) is 4. The second kappa shape index (κ2) is 9.12. The molecule has 1 heterocycles. The molecule has 2 aromatic rings. The van der Waals surface area contributed by atoms with Gasteiger partial charge in [0.2, 0.25) is 5.91 Å². The minimum Gasteiger partial charge on any atom is -0.342 e. The molecule has 0 spiro atoms. The van der Waals surface area contributed by atoms with Crippen LogP contribution in [0.2, 0.25) is 0 Å². The van der Waals surface area contributed by atoms with Gasteiger partial charge in [-0.2, -0.15) is 0 Å². The molecule has 1 fully saturated rings. The Morgan fingerprint density at radius 3 is 2.64 bits per heavy atom. The molecule has 1 amide bonds. The number of nitrogens with zero attached hydrogens (tertiary/aromatic N) is 3. The van der Waals surface area contributed by atoms with Crippen LogP contribution >= 0.6 is 11.8 Å². The molecule has 1 aromatic heterocycles. The molecule has 0 radical (unpaired) electrons. The molecule has 0 N–H and O–H groups in total. The molecule has 1 aromatic carbocycles. The summed E-state index contributed by atoms with van der Waals surface area (Å²) >= 11 is 1.38. The Balaban J connectivity index is 1.79. The number of para-hydroxylation sites is 1. The zero-order valence-electron chi connectivity index (χ0n) is 17.4. The Labute approximate surface area is 171 Å². The van der Waals surface area contributed by atoms with E-state index in [0.29, 0.717) is 27.9 Å². The summed E-state index contributed by atoms with van der Waals surface area (Å²) in [6.07, 6.45) is 5.38. The van der Waals surface area contributed by atoms with E-state index in [-0.39, 0.29) is 17.5 Å². The van der Waals surface area contributed by atoms with Crippen molar-refractivity contribution in [3.8, 4) is 0 Å². The molecular weight excluding hydrogens is 370 g/mol. The van der Waals surface area contributed by atoms with E-state index in [4.69, 9.17) is 4.98 Å². The maximum atomic E-state index is 13.0. The largest absolute Gasteiger partial charge is 0.342 e. The summed E-state index contributed by atoms with van der Waals surface area (Å²) in [5.74, 6) is 1.19. The number of benzene rings is 1. The van der Waals surface area contributed by atoms with Gasteiger partial charge in [0.1, 0.15) is 0 Å². The van der Waals surface area contributed by atoms with Crippen LogP contribution in [0.15, 0.2) is 34.2 Å². The van der Waals surface area contributed by atoms with Crippen LogP contribution in [0.4, 0.5) is 0 Å². The molecule has 0 bridgehead atoms. The van der Waals surface area contributed by atoms with Crippen molar-refractivity contribution in [2.45, 2.75) is 70.1 Å². The van der Waals surface area contributed by atoms with E-state index in [2.05, 4.69) is 13.8 Å². The summed E-state index contributed by atoms with van der Waals surface area (Å²) in [6.45, 7) is 6.37. The number of carbonyl (C=O) groups excluding carboxylic acids is 1. The molecule has 0 saturated heterocycles. The first-order valence-corrected chi connectivity index (χ1v) is 11.3. The summed E-state index contributed by atoms with van der Waals surface area (Å²) in [5.41, 5.74) is 0.668. The topological polar surface area (TPSA) is 55.2 Å². The van der Waals surface area contributed by atoms with E-state index in [1.54, 1.807) is 4.57 Å². The van der Waals surface area contributed by atoms with Crippen molar-refractivity contribution in [2.24, 2.45) is 5.92 Å². The lowest BCUT2D eigenvalue weighted by molar-refractivity contribution is -0.129. The average Bonchev–Trinajstić information content (AvgIpc) is 2.71. The highest BCUT2D eigenvalue weighted by Crippen LogP contribution is 2.28. The molecule has 152 valence electrons. The van der Waals surface area contributed by atoms with Gasteiger partial charge in [0.05, 0.1) is 16.7 Å². The summed E-state index contributed by atoms with van der Waals surface area (Å²) in [4.78, 5) is 32.4. The van der Waals surface area contributed by atoms with Crippen molar-refractivity contribution in [2.75, 3.05) is 12.8 Å². The minimum atomic E-state index is -0.0236. The van der Waals surface area contributed by atoms with Gasteiger partial charge < -0.3 is 4.90 Å². The predicted octanol–water partition coefficient (Wildman–Crippen LogP) is 4.50. The number of amides is 1. The van der Waals surface area contributed by atoms with E-state index in [0.717, 1.165) is 25.2 Å². The highest BCUT2D eigenvalue weighted by molar-refractivity contribution is 7.99. The summed E-state index contributed by atoms with van der Waals surface area (Å²) < 4.78 is 1.75. The average molecular weight is 402 g/mol. The van der Waals surface area contributed by atoms with Gasteiger partial charge in [0, 0.05) is 19.1 Å². The van der Waals surface area contributed by atoms with Crippen molar-refractivity contribution in [1.82, 2.24) is 14.5 Å². The first-order chi connectivity index (χ1) is 13.4. The first kappa shape index (κ1) is 20.9. The van der Waals surface area contributed by atoms with E-state index in [1.165, 1.54) is 24.6 Å². The Morgan fingerprint density at radius 2 is 1.96 bits per heavy atom. The van der Waals surface area contributed by atoms with Crippen LogP contribution in [-0.2, 0) is 4.79 Å². The first-order valence-electron chi connectivity index (χ1n) is 10.3. The molecule has 0 aliphatic heterocycles. The van der Waals surface area contributed by atoms with E-state index >= 15 is 0 Å². The van der Waals surface area contributed by atoms with Crippen LogP contribution in [-0.4, -0.2) is 39.2 Å². The van der Waals surface area contributed by atoms with Crippen LogP contribution in [0.5, 0.6) is 0 Å². The normalized spacial score (nSPS) is 20.9. The summed E-state index contributed by atoms with van der Waals surface area (Å²) in [5, 5.41) is 1.27. The Morgan fingerprint density at radius 1 is 1.29 bits per heavy atom. The quantitative estimate of drug-likeness (QED) is 0.528. The molecule has 0 unspecified atom stereocenters. The number of aromatic nitrogens is 2. The lowest BCUT2D eigenvalue weighted by Gasteiger charge is -2.33. The number of rotatable bonds is 6. The SMILES string of the molecule is CC[C@@H](C)n1c(SCC(=O)N(C)C2CCC(C)CC2)nc2ccccc2c1=O. The fourth-order valence-corrected chi connectivity index (χ4v) is 4.88. The monoisotopic (exact) mass is 401 g/mol. The maximum Gasteiger partial charge on any atom is 0.262 e. The lowest BCUT2D eigenvalue weighted by Crippen LogP contribution is -2.40. The number of hydrogen-bond donors (Lipinski definition) is 0. The Bertz CT molecular complexity index is 887. The molecule has 1 aliphatic carbocycles. The van der Waals surface area contributed by atoms with E-state index in [1.807, 2.05) is 43.1 Å². The van der Waals surface area contributed by atoms with Gasteiger partial charge in [-0.3, -0.25) is 14.2 Å². The van der Waals surface area contributed by atoms with Crippen LogP contribution in [0.1, 0.15) is 58.9 Å². The van der Waals surface area contributed by atoms with Gasteiger partial charge in [-0.25, -0.2) is 4.98 Å². The molecular formula is C22H31N3O2S. The zero-order chi connectivity index (χ0) is 20.3. The number of carbonyl (C=O) groups is 1. The number of fused-ring (bicyclic) bond motifs is 1. The van der Waals surface area contributed by atoms with Crippen molar-refractivity contribution in [3.63, 3.8) is 0 Å². The van der Waals surface area contributed by atoms with Crippen LogP contribution in [0.25, 0.3) is 10.9 Å². The fourth-order valence-electron chi connectivity index (χ4n) is 3.86. The van der Waals surface area contributed by atoms with Crippen LogP contribution in [0.3, 0.4) is 0 Å². The Kier molecular flexibility index (Phi) is 6.81. The minimum absolute atomic E-state index is 0.0236. The van der Waals surface area contributed by atoms with Gasteiger partial charge in [-0.15, -0.1) is 0 Å². The molecule has 6 heteroatoms. The van der Waals surface area contributed by atoms with Crippen molar-refractivity contribution in [3.05, 3.63) is 34.6 Å². The van der Waals surface area contributed by atoms with Crippen molar-refractivity contribution < 1.29 is 4.79 Å². The second-order valence-corrected chi connectivity index (χ2v) is 8.99. The lowest BCUT2D eigenvalue weighted by atomic mass is 9.87. The third kappa shape index (κ3) is 4.43. The molecule has 5 nitrogen and oxygen atoms in total.